The van der Waals surface area contributed by atoms with Gasteiger partial charge in [-0.05, 0) is 36.6 Å². The van der Waals surface area contributed by atoms with Gasteiger partial charge in [-0.25, -0.2) is 0 Å². The topological polar surface area (TPSA) is 58.4 Å². The van der Waals surface area contributed by atoms with Gasteiger partial charge in [0.05, 0.1) is 17.9 Å². The van der Waals surface area contributed by atoms with Crippen molar-refractivity contribution in [3.8, 4) is 0 Å². The molecule has 1 fully saturated rings. The first-order chi connectivity index (χ1) is 13.1. The number of aliphatic hydroxyl groups excluding tert-OH is 1. The Hall–Kier alpha value is -2.66. The summed E-state index contributed by atoms with van der Waals surface area (Å²) < 4.78 is 1.82. The monoisotopic (exact) mass is 363 g/mol. The van der Waals surface area contributed by atoms with E-state index in [-0.39, 0.29) is 11.8 Å². The second-order valence-electron chi connectivity index (χ2n) is 7.28. The highest BCUT2D eigenvalue weighted by atomic mass is 16.3. The summed E-state index contributed by atoms with van der Waals surface area (Å²) in [6.07, 6.45) is 1.83. The Balaban J connectivity index is 1.51. The third-order valence-electron chi connectivity index (χ3n) is 5.70. The number of likely N-dealkylation sites (tertiary alicyclic amines) is 1. The lowest BCUT2D eigenvalue weighted by Crippen LogP contribution is -2.45. The van der Waals surface area contributed by atoms with Crippen LogP contribution in [-0.4, -0.2) is 44.9 Å². The minimum absolute atomic E-state index is 0.0387. The molecule has 1 amide bonds. The molecule has 4 rings (SSSR count). The van der Waals surface area contributed by atoms with Gasteiger partial charge in [0.1, 0.15) is 0 Å². The molecule has 1 aliphatic rings. The zero-order valence-corrected chi connectivity index (χ0v) is 15.8. The van der Waals surface area contributed by atoms with Crippen LogP contribution in [0.15, 0.2) is 48.7 Å². The summed E-state index contributed by atoms with van der Waals surface area (Å²) in [5.74, 6) is 0.0151. The molecule has 2 aromatic carbocycles. The van der Waals surface area contributed by atoms with Gasteiger partial charge < -0.3 is 10.0 Å². The summed E-state index contributed by atoms with van der Waals surface area (Å²) in [6.45, 7) is 5.66. The SMILES string of the molecule is CCn1ncc(C(=O)N2CC[C@@H](c3ccc4ccccc4c3)[C@H](O)C2)c1C. The predicted molar refractivity (Wildman–Crippen MR) is 106 cm³/mol. The molecule has 0 unspecified atom stereocenters. The number of fused-ring (bicyclic) bond motifs is 1. The number of carbonyl (C=O) groups excluding carboxylic acids is 1. The Morgan fingerprint density at radius 2 is 2.00 bits per heavy atom. The fraction of sp³-hybridized carbons (Fsp3) is 0.364. The van der Waals surface area contributed by atoms with Crippen LogP contribution >= 0.6 is 0 Å². The molecule has 27 heavy (non-hydrogen) atoms. The first-order valence-corrected chi connectivity index (χ1v) is 9.57. The normalized spacial score (nSPS) is 20.2. The molecule has 1 aromatic heterocycles. The van der Waals surface area contributed by atoms with Crippen molar-refractivity contribution in [2.45, 2.75) is 38.8 Å². The number of amides is 1. The zero-order chi connectivity index (χ0) is 19.0. The number of aliphatic hydroxyl groups is 1. The van der Waals surface area contributed by atoms with Gasteiger partial charge in [0.2, 0.25) is 0 Å². The van der Waals surface area contributed by atoms with Gasteiger partial charge in [-0.3, -0.25) is 9.48 Å². The fourth-order valence-corrected chi connectivity index (χ4v) is 4.09. The Morgan fingerprint density at radius 3 is 2.70 bits per heavy atom. The molecular weight excluding hydrogens is 338 g/mol. The molecule has 0 aliphatic carbocycles. The smallest absolute Gasteiger partial charge is 0.257 e. The molecule has 2 atom stereocenters. The molecule has 1 N–H and O–H groups in total. The minimum atomic E-state index is -0.564. The highest BCUT2D eigenvalue weighted by Gasteiger charge is 2.32. The molecule has 2 heterocycles. The van der Waals surface area contributed by atoms with E-state index in [1.165, 1.54) is 10.8 Å². The largest absolute Gasteiger partial charge is 0.391 e. The number of rotatable bonds is 3. The van der Waals surface area contributed by atoms with Crippen LogP contribution in [0.3, 0.4) is 0 Å². The van der Waals surface area contributed by atoms with Gasteiger partial charge in [-0.2, -0.15) is 5.10 Å². The van der Waals surface area contributed by atoms with Crippen molar-refractivity contribution in [3.05, 3.63) is 65.5 Å². The molecule has 1 saturated heterocycles. The maximum absolute atomic E-state index is 12.9. The van der Waals surface area contributed by atoms with Crippen molar-refractivity contribution in [2.24, 2.45) is 0 Å². The van der Waals surface area contributed by atoms with Crippen LogP contribution < -0.4 is 0 Å². The summed E-state index contributed by atoms with van der Waals surface area (Å²) >= 11 is 0. The predicted octanol–water partition coefficient (Wildman–Crippen LogP) is 3.36. The first kappa shape index (κ1) is 17.7. The van der Waals surface area contributed by atoms with E-state index in [0.717, 1.165) is 24.2 Å². The average Bonchev–Trinajstić information content (AvgIpc) is 3.07. The van der Waals surface area contributed by atoms with E-state index < -0.39 is 6.10 Å². The average molecular weight is 363 g/mol. The Labute approximate surface area is 159 Å². The lowest BCUT2D eigenvalue weighted by Gasteiger charge is -2.36. The number of carbonyl (C=O) groups is 1. The van der Waals surface area contributed by atoms with Crippen LogP contribution in [0.1, 0.15) is 40.9 Å². The summed E-state index contributed by atoms with van der Waals surface area (Å²) in [5.41, 5.74) is 2.66. The Morgan fingerprint density at radius 1 is 1.22 bits per heavy atom. The maximum Gasteiger partial charge on any atom is 0.257 e. The molecule has 1 aliphatic heterocycles. The number of aryl methyl sites for hydroxylation is 1. The van der Waals surface area contributed by atoms with Gasteiger partial charge in [-0.15, -0.1) is 0 Å². The highest BCUT2D eigenvalue weighted by Crippen LogP contribution is 2.31. The number of hydrogen-bond acceptors (Lipinski definition) is 3. The molecule has 0 spiro atoms. The number of piperidine rings is 1. The summed E-state index contributed by atoms with van der Waals surface area (Å²) in [4.78, 5) is 14.6. The maximum atomic E-state index is 12.9. The van der Waals surface area contributed by atoms with Gasteiger partial charge in [0.15, 0.2) is 0 Å². The van der Waals surface area contributed by atoms with Crippen LogP contribution in [0.5, 0.6) is 0 Å². The van der Waals surface area contributed by atoms with Gasteiger partial charge in [0.25, 0.3) is 5.91 Å². The van der Waals surface area contributed by atoms with Crippen LogP contribution in [-0.2, 0) is 6.54 Å². The second-order valence-corrected chi connectivity index (χ2v) is 7.28. The third-order valence-corrected chi connectivity index (χ3v) is 5.70. The molecular formula is C22H25N3O2. The lowest BCUT2D eigenvalue weighted by atomic mass is 9.86. The van der Waals surface area contributed by atoms with Crippen LogP contribution in [0.25, 0.3) is 10.8 Å². The quantitative estimate of drug-likeness (QED) is 0.776. The van der Waals surface area contributed by atoms with Gasteiger partial charge in [-0.1, -0.05) is 42.5 Å². The van der Waals surface area contributed by atoms with Crippen molar-refractivity contribution >= 4 is 16.7 Å². The number of benzene rings is 2. The molecule has 5 nitrogen and oxygen atoms in total. The lowest BCUT2D eigenvalue weighted by molar-refractivity contribution is 0.0381. The summed E-state index contributed by atoms with van der Waals surface area (Å²) in [5, 5.41) is 17.4. The van der Waals surface area contributed by atoms with Crippen molar-refractivity contribution in [2.75, 3.05) is 13.1 Å². The van der Waals surface area contributed by atoms with E-state index in [9.17, 15) is 9.90 Å². The van der Waals surface area contributed by atoms with Crippen molar-refractivity contribution < 1.29 is 9.90 Å². The molecule has 0 bridgehead atoms. The molecule has 140 valence electrons. The highest BCUT2D eigenvalue weighted by molar-refractivity contribution is 5.95. The molecule has 0 saturated carbocycles. The Bertz CT molecular complexity index is 979. The van der Waals surface area contributed by atoms with Gasteiger partial charge in [0, 0.05) is 31.2 Å². The number of aromatic nitrogens is 2. The van der Waals surface area contributed by atoms with Crippen LogP contribution in [0.4, 0.5) is 0 Å². The molecule has 3 aromatic rings. The second kappa shape index (κ2) is 7.16. The summed E-state index contributed by atoms with van der Waals surface area (Å²) in [7, 11) is 0. The van der Waals surface area contributed by atoms with Crippen molar-refractivity contribution in [1.29, 1.82) is 0 Å². The summed E-state index contributed by atoms with van der Waals surface area (Å²) in [6, 6.07) is 14.6. The van der Waals surface area contributed by atoms with E-state index in [4.69, 9.17) is 0 Å². The first-order valence-electron chi connectivity index (χ1n) is 9.57. The van der Waals surface area contributed by atoms with Gasteiger partial charge >= 0.3 is 0 Å². The number of hydrogen-bond donors (Lipinski definition) is 1. The Kier molecular flexibility index (Phi) is 4.70. The van der Waals surface area contributed by atoms with Crippen LogP contribution in [0.2, 0.25) is 0 Å². The van der Waals surface area contributed by atoms with E-state index in [1.54, 1.807) is 11.1 Å². The molecule has 0 radical (unpaired) electrons. The number of nitrogens with zero attached hydrogens (tertiary/aromatic N) is 3. The molecule has 5 heteroatoms. The zero-order valence-electron chi connectivity index (χ0n) is 15.8. The standard InChI is InChI=1S/C22H25N3O2/c1-3-25-15(2)20(13-23-25)22(27)24-11-10-19(21(26)14-24)18-9-8-16-6-4-5-7-17(16)12-18/h4-9,12-13,19,21,26H,3,10-11,14H2,1-2H3/t19-,21+/m0/s1. The third kappa shape index (κ3) is 3.23. The van der Waals surface area contributed by atoms with E-state index >= 15 is 0 Å². The van der Waals surface area contributed by atoms with Crippen molar-refractivity contribution in [3.63, 3.8) is 0 Å². The minimum Gasteiger partial charge on any atom is -0.391 e. The van der Waals surface area contributed by atoms with Crippen molar-refractivity contribution in [1.82, 2.24) is 14.7 Å². The van der Waals surface area contributed by atoms with Crippen LogP contribution in [0, 0.1) is 6.92 Å². The fourth-order valence-electron chi connectivity index (χ4n) is 4.09. The number of β-amino-alcohol motifs (C(OH)–C–C–N with tert-alkyl or cyclic N) is 1. The van der Waals surface area contributed by atoms with E-state index in [0.29, 0.717) is 18.7 Å². The van der Waals surface area contributed by atoms with E-state index in [2.05, 4.69) is 35.4 Å². The van der Waals surface area contributed by atoms with E-state index in [1.807, 2.05) is 30.7 Å².